The maximum absolute atomic E-state index is 13.4. The van der Waals surface area contributed by atoms with Crippen LogP contribution in [0.2, 0.25) is 5.02 Å². The Bertz CT molecular complexity index is 950. The molecular weight excluding hydrogens is 466 g/mol. The Morgan fingerprint density at radius 1 is 1.32 bits per heavy atom. The fourth-order valence-corrected chi connectivity index (χ4v) is 3.75. The number of aromatic nitrogens is 2. The summed E-state index contributed by atoms with van der Waals surface area (Å²) in [5.41, 5.74) is 2.16. The largest absolute Gasteiger partial charge is 0.493 e. The molecule has 1 N–H and O–H groups in total. The van der Waals surface area contributed by atoms with Gasteiger partial charge in [0.15, 0.2) is 11.5 Å². The van der Waals surface area contributed by atoms with E-state index in [-0.39, 0.29) is 22.2 Å². The van der Waals surface area contributed by atoms with Crippen LogP contribution in [0.1, 0.15) is 11.4 Å². The van der Waals surface area contributed by atoms with Crippen molar-refractivity contribution in [3.63, 3.8) is 0 Å². The van der Waals surface area contributed by atoms with Crippen LogP contribution in [0.15, 0.2) is 27.8 Å². The van der Waals surface area contributed by atoms with Gasteiger partial charge in [0.25, 0.3) is 0 Å². The van der Waals surface area contributed by atoms with Crippen molar-refractivity contribution in [3.05, 3.63) is 40.4 Å². The highest BCUT2D eigenvalue weighted by atomic mass is 35.5. The molecule has 3 rings (SSSR count). The second-order valence-corrected chi connectivity index (χ2v) is 7.94. The first kappa shape index (κ1) is 23.3. The van der Waals surface area contributed by atoms with Gasteiger partial charge >= 0.3 is 12.1 Å². The molecule has 1 fully saturated rings. The molecule has 1 saturated heterocycles. The van der Waals surface area contributed by atoms with E-state index in [4.69, 9.17) is 16.2 Å². The minimum atomic E-state index is -5.23. The second kappa shape index (κ2) is 10.3. The van der Waals surface area contributed by atoms with Crippen LogP contribution in [0.3, 0.4) is 0 Å². The normalized spacial score (nSPS) is 15.7. The Morgan fingerprint density at radius 3 is 2.74 bits per heavy atom. The molecule has 0 aliphatic carbocycles. The number of rotatable bonds is 5. The van der Waals surface area contributed by atoms with E-state index in [2.05, 4.69) is 25.0 Å². The van der Waals surface area contributed by atoms with Gasteiger partial charge in [-0.1, -0.05) is 16.8 Å². The van der Waals surface area contributed by atoms with Gasteiger partial charge in [0, 0.05) is 37.6 Å². The number of halogens is 5. The number of benzene rings is 1. The number of carbonyl (C=O) groups is 1. The molecule has 0 spiro atoms. The van der Waals surface area contributed by atoms with Crippen molar-refractivity contribution in [1.29, 1.82) is 0 Å². The van der Waals surface area contributed by atoms with E-state index in [9.17, 15) is 22.4 Å². The fourth-order valence-electron chi connectivity index (χ4n) is 2.60. The lowest BCUT2D eigenvalue weighted by molar-refractivity contribution is -0.203. The number of amidine groups is 1. The van der Waals surface area contributed by atoms with Gasteiger partial charge in [-0.2, -0.15) is 30.4 Å². The number of aliphatic imine (C=N–C) groups is 1. The Kier molecular flexibility index (Phi) is 7.73. The Balaban J connectivity index is 1.83. The number of nitrogens with zero attached hydrogens (tertiary/aromatic N) is 4. The number of hydrogen-bond acceptors (Lipinski definition) is 8. The van der Waals surface area contributed by atoms with Crippen molar-refractivity contribution in [3.8, 4) is 0 Å². The smallest absolute Gasteiger partial charge is 0.333 e. The van der Waals surface area contributed by atoms with Crippen LogP contribution in [-0.4, -0.2) is 64.3 Å². The van der Waals surface area contributed by atoms with Crippen molar-refractivity contribution in [2.45, 2.75) is 12.6 Å². The van der Waals surface area contributed by atoms with Gasteiger partial charge in [0.2, 0.25) is 0 Å². The van der Waals surface area contributed by atoms with Crippen molar-refractivity contribution >= 4 is 40.9 Å². The molecule has 1 aliphatic rings. The molecule has 0 saturated carbocycles. The van der Waals surface area contributed by atoms with E-state index >= 15 is 0 Å². The molecule has 168 valence electrons. The molecule has 0 unspecified atom stereocenters. The first-order valence-electron chi connectivity index (χ1n) is 8.93. The maximum Gasteiger partial charge on any atom is 0.493 e. The van der Waals surface area contributed by atoms with Crippen LogP contribution in [0.25, 0.3) is 0 Å². The summed E-state index contributed by atoms with van der Waals surface area (Å²) in [6, 6.07) is 3.40. The summed E-state index contributed by atoms with van der Waals surface area (Å²) >= 11 is 7.57. The number of nitrogens with one attached hydrogen (secondary N) is 1. The van der Waals surface area contributed by atoms with Gasteiger partial charge in [0.05, 0.1) is 10.7 Å². The van der Waals surface area contributed by atoms with Crippen molar-refractivity contribution < 1.29 is 31.8 Å². The minimum Gasteiger partial charge on any atom is -0.333 e. The van der Waals surface area contributed by atoms with Gasteiger partial charge in [-0.05, 0) is 23.4 Å². The number of thioether (sulfide) groups is 1. The van der Waals surface area contributed by atoms with E-state index in [1.165, 1.54) is 6.07 Å². The second-order valence-electron chi connectivity index (χ2n) is 6.31. The zero-order chi connectivity index (χ0) is 22.4. The highest BCUT2D eigenvalue weighted by molar-refractivity contribution is 7.99. The predicted octanol–water partition coefficient (Wildman–Crippen LogP) is 3.14. The summed E-state index contributed by atoms with van der Waals surface area (Å²) in [4.78, 5) is 21.4. The average Bonchev–Trinajstić information content (AvgIpc) is 3.20. The molecule has 8 nitrogen and oxygen atoms in total. The van der Waals surface area contributed by atoms with E-state index < -0.39 is 18.0 Å². The molecule has 14 heteroatoms. The molecular formula is C17H16ClF4N5O3S. The molecule has 2 heterocycles. The Morgan fingerprint density at radius 2 is 2.06 bits per heavy atom. The number of alkyl halides is 3. The molecule has 0 radical (unpaired) electrons. The van der Waals surface area contributed by atoms with E-state index in [1.54, 1.807) is 0 Å². The first-order chi connectivity index (χ1) is 14.7. The van der Waals surface area contributed by atoms with Crippen LogP contribution >= 0.6 is 23.4 Å². The topological polar surface area (TPSA) is 92.8 Å². The van der Waals surface area contributed by atoms with Gasteiger partial charge < -0.3 is 9.74 Å². The Hall–Kier alpha value is -2.38. The van der Waals surface area contributed by atoms with Crippen molar-refractivity contribution in [1.82, 2.24) is 20.7 Å². The molecule has 0 atom stereocenters. The van der Waals surface area contributed by atoms with E-state index in [0.717, 1.165) is 36.7 Å². The van der Waals surface area contributed by atoms with Gasteiger partial charge in [0.1, 0.15) is 11.5 Å². The molecule has 1 aromatic carbocycles. The van der Waals surface area contributed by atoms with Gasteiger partial charge in [-0.25, -0.2) is 18.8 Å². The lowest BCUT2D eigenvalue weighted by atomic mass is 10.2. The van der Waals surface area contributed by atoms with Gasteiger partial charge in [-0.3, -0.25) is 0 Å². The van der Waals surface area contributed by atoms with Crippen LogP contribution < -0.4 is 5.48 Å². The summed E-state index contributed by atoms with van der Waals surface area (Å²) in [7, 11) is 0. The number of hydrogen-bond donors (Lipinski definition) is 1. The van der Waals surface area contributed by atoms with Crippen LogP contribution in [0, 0.1) is 5.82 Å². The third-order valence-corrected chi connectivity index (χ3v) is 5.40. The first-order valence-corrected chi connectivity index (χ1v) is 10.5. The maximum atomic E-state index is 13.4. The van der Waals surface area contributed by atoms with E-state index in [1.807, 2.05) is 17.2 Å². The van der Waals surface area contributed by atoms with E-state index in [0.29, 0.717) is 18.7 Å². The van der Waals surface area contributed by atoms with Crippen molar-refractivity contribution in [2.75, 3.05) is 31.1 Å². The third-order valence-electron chi connectivity index (χ3n) is 4.17. The molecule has 1 aromatic heterocycles. The zero-order valence-electron chi connectivity index (χ0n) is 15.8. The lowest BCUT2D eigenvalue weighted by Gasteiger charge is -2.25. The quantitative estimate of drug-likeness (QED) is 0.301. The summed E-state index contributed by atoms with van der Waals surface area (Å²) in [5, 5.41) is 7.20. The van der Waals surface area contributed by atoms with Crippen LogP contribution in [0.5, 0.6) is 0 Å². The van der Waals surface area contributed by atoms with Crippen LogP contribution in [-0.2, 0) is 16.1 Å². The monoisotopic (exact) mass is 481 g/mol. The number of hydroxylamine groups is 1. The van der Waals surface area contributed by atoms with Crippen LogP contribution in [0.4, 0.5) is 23.2 Å². The minimum absolute atomic E-state index is 0.0539. The standard InChI is InChI=1S/C17H16ClF4N5O3S/c18-11-9-10(1-2-12(11)19)23-15(26-29-16(28)17(20,21)22)14-13(24-30-25-14)3-4-27-5-7-31-8-6-27/h1-2,9H,3-8H2,(H,23,26). The lowest BCUT2D eigenvalue weighted by Crippen LogP contribution is -2.36. The summed E-state index contributed by atoms with van der Waals surface area (Å²) in [5.74, 6) is -1.58. The number of carbonyl (C=O) groups excluding carboxylic acids is 1. The predicted molar refractivity (Wildman–Crippen MR) is 105 cm³/mol. The van der Waals surface area contributed by atoms with Crippen molar-refractivity contribution in [2.24, 2.45) is 4.99 Å². The molecule has 0 amide bonds. The fraction of sp³-hybridized carbons (Fsp3) is 0.412. The highest BCUT2D eigenvalue weighted by Crippen LogP contribution is 2.23. The summed E-state index contributed by atoms with van der Waals surface area (Å²) in [6.45, 7) is 2.39. The molecule has 31 heavy (non-hydrogen) atoms. The zero-order valence-corrected chi connectivity index (χ0v) is 17.4. The third kappa shape index (κ3) is 6.55. The average molecular weight is 482 g/mol. The molecule has 0 bridgehead atoms. The highest BCUT2D eigenvalue weighted by Gasteiger charge is 2.42. The van der Waals surface area contributed by atoms with Gasteiger partial charge in [-0.15, -0.1) is 0 Å². The SMILES string of the molecule is O=C(ONC(=Nc1ccc(F)c(Cl)c1)c1nonc1CCN1CCSCC1)C(F)(F)F. The molecule has 1 aliphatic heterocycles. The summed E-state index contributed by atoms with van der Waals surface area (Å²) < 4.78 is 55.6. The summed E-state index contributed by atoms with van der Waals surface area (Å²) in [6.07, 6.45) is -4.87. The Labute approximate surface area is 182 Å². The molecule has 2 aromatic rings.